The Kier molecular flexibility index (Phi) is 5.38. The van der Waals surface area contributed by atoms with Crippen LogP contribution in [0.25, 0.3) is 11.4 Å². The number of hydrogen-bond donors (Lipinski definition) is 0. The van der Waals surface area contributed by atoms with Gasteiger partial charge in [0.05, 0.1) is 12.7 Å². The van der Waals surface area contributed by atoms with Crippen molar-refractivity contribution >= 4 is 5.91 Å². The summed E-state index contributed by atoms with van der Waals surface area (Å²) in [5, 5.41) is 3.79. The van der Waals surface area contributed by atoms with Crippen molar-refractivity contribution in [1.82, 2.24) is 15.0 Å². The first-order valence-electron chi connectivity index (χ1n) is 9.39. The van der Waals surface area contributed by atoms with Crippen molar-refractivity contribution in [2.24, 2.45) is 0 Å². The van der Waals surface area contributed by atoms with E-state index in [1.54, 1.807) is 6.07 Å². The number of aromatic nitrogens is 2. The number of hydrogen-bond acceptors (Lipinski definition) is 5. The first-order chi connectivity index (χ1) is 14.8. The van der Waals surface area contributed by atoms with Crippen LogP contribution in [0.1, 0.15) is 35.9 Å². The van der Waals surface area contributed by atoms with E-state index in [9.17, 15) is 22.4 Å². The summed E-state index contributed by atoms with van der Waals surface area (Å²) < 4.78 is 63.1. The number of benzene rings is 2. The summed E-state index contributed by atoms with van der Waals surface area (Å²) in [4.78, 5) is 18.1. The Bertz CT molecular complexity index is 1110. The van der Waals surface area contributed by atoms with Crippen LogP contribution < -0.4 is 4.74 Å². The lowest BCUT2D eigenvalue weighted by Gasteiger charge is -2.22. The van der Waals surface area contributed by atoms with E-state index in [4.69, 9.17) is 9.26 Å². The van der Waals surface area contributed by atoms with E-state index >= 15 is 0 Å². The standard InChI is InChI=1S/C21H17F4N3O3/c1-30-17-7-5-12(9-15(17)22)11-28-16(6-8-18(28)29)20-26-19(27-31-20)13-3-2-4-14(10-13)21(23,24)25/h2-5,7,9-10,16H,6,8,11H2,1H3. The molecule has 1 fully saturated rings. The van der Waals surface area contributed by atoms with Crippen LogP contribution in [0.15, 0.2) is 47.0 Å². The molecule has 1 unspecified atom stereocenters. The molecule has 1 amide bonds. The number of ether oxygens (including phenoxy) is 1. The predicted molar refractivity (Wildman–Crippen MR) is 100 cm³/mol. The van der Waals surface area contributed by atoms with Gasteiger partial charge in [-0.2, -0.15) is 18.2 Å². The molecule has 0 spiro atoms. The van der Waals surface area contributed by atoms with Gasteiger partial charge in [0.25, 0.3) is 0 Å². The number of carbonyl (C=O) groups is 1. The maximum Gasteiger partial charge on any atom is 0.416 e. The molecule has 1 aromatic heterocycles. The quantitative estimate of drug-likeness (QED) is 0.541. The third-order valence-corrected chi connectivity index (χ3v) is 5.07. The molecule has 4 rings (SSSR count). The summed E-state index contributed by atoms with van der Waals surface area (Å²) in [5.74, 6) is -0.508. The van der Waals surface area contributed by atoms with Crippen LogP contribution in [-0.2, 0) is 17.5 Å². The van der Waals surface area contributed by atoms with Gasteiger partial charge in [-0.15, -0.1) is 0 Å². The molecule has 0 bridgehead atoms. The Morgan fingerprint density at radius 2 is 2.03 bits per heavy atom. The summed E-state index contributed by atoms with van der Waals surface area (Å²) in [6.07, 6.45) is -3.85. The Balaban J connectivity index is 1.57. The molecule has 0 N–H and O–H groups in total. The SMILES string of the molecule is COc1ccc(CN2C(=O)CCC2c2nc(-c3cccc(C(F)(F)F)c3)no2)cc1F. The van der Waals surface area contributed by atoms with Crippen molar-refractivity contribution in [2.75, 3.05) is 7.11 Å². The Morgan fingerprint density at radius 3 is 2.74 bits per heavy atom. The molecule has 1 aliphatic heterocycles. The minimum atomic E-state index is -4.50. The zero-order chi connectivity index (χ0) is 22.2. The van der Waals surface area contributed by atoms with Crippen molar-refractivity contribution in [3.8, 4) is 17.1 Å². The van der Waals surface area contributed by atoms with E-state index in [1.807, 2.05) is 0 Å². The number of carbonyl (C=O) groups excluding carboxylic acids is 1. The van der Waals surface area contributed by atoms with Crippen molar-refractivity contribution < 1.29 is 31.6 Å². The van der Waals surface area contributed by atoms with E-state index in [2.05, 4.69) is 10.1 Å². The van der Waals surface area contributed by atoms with Gasteiger partial charge in [-0.1, -0.05) is 23.4 Å². The van der Waals surface area contributed by atoms with E-state index in [0.717, 1.165) is 12.1 Å². The van der Waals surface area contributed by atoms with Crippen molar-refractivity contribution in [2.45, 2.75) is 31.6 Å². The van der Waals surface area contributed by atoms with Crippen LogP contribution >= 0.6 is 0 Å². The number of nitrogens with zero attached hydrogens (tertiary/aromatic N) is 3. The highest BCUT2D eigenvalue weighted by molar-refractivity contribution is 5.78. The van der Waals surface area contributed by atoms with E-state index in [1.165, 1.54) is 36.3 Å². The summed E-state index contributed by atoms with van der Waals surface area (Å²) in [6, 6.07) is 8.44. The number of rotatable bonds is 5. The average Bonchev–Trinajstić information content (AvgIpc) is 3.35. The average molecular weight is 435 g/mol. The zero-order valence-corrected chi connectivity index (χ0v) is 16.3. The Hall–Kier alpha value is -3.43. The fraction of sp³-hybridized carbons (Fsp3) is 0.286. The van der Waals surface area contributed by atoms with Crippen LogP contribution in [0.5, 0.6) is 5.75 Å². The first-order valence-corrected chi connectivity index (χ1v) is 9.39. The van der Waals surface area contributed by atoms with Gasteiger partial charge >= 0.3 is 6.18 Å². The molecule has 1 saturated heterocycles. The normalized spacial score (nSPS) is 16.7. The zero-order valence-electron chi connectivity index (χ0n) is 16.3. The smallest absolute Gasteiger partial charge is 0.416 e. The predicted octanol–water partition coefficient (Wildman–Crippen LogP) is 4.77. The van der Waals surface area contributed by atoms with Crippen LogP contribution in [0.3, 0.4) is 0 Å². The summed E-state index contributed by atoms with van der Waals surface area (Å²) in [7, 11) is 1.36. The van der Waals surface area contributed by atoms with Gasteiger partial charge in [0.1, 0.15) is 6.04 Å². The third kappa shape index (κ3) is 4.23. The topological polar surface area (TPSA) is 68.5 Å². The van der Waals surface area contributed by atoms with Crippen molar-refractivity contribution in [3.05, 3.63) is 65.3 Å². The Morgan fingerprint density at radius 1 is 1.23 bits per heavy atom. The Labute approximate surface area is 174 Å². The molecule has 0 saturated carbocycles. The molecule has 0 aliphatic carbocycles. The lowest BCUT2D eigenvalue weighted by molar-refractivity contribution is -0.137. The number of likely N-dealkylation sites (tertiary alicyclic amines) is 1. The lowest BCUT2D eigenvalue weighted by atomic mass is 10.1. The van der Waals surface area contributed by atoms with Gasteiger partial charge in [0, 0.05) is 18.5 Å². The van der Waals surface area contributed by atoms with Gasteiger partial charge < -0.3 is 14.2 Å². The van der Waals surface area contributed by atoms with Crippen molar-refractivity contribution in [3.63, 3.8) is 0 Å². The summed E-state index contributed by atoms with van der Waals surface area (Å²) in [5.41, 5.74) is -0.121. The van der Waals surface area contributed by atoms with E-state index in [0.29, 0.717) is 12.0 Å². The van der Waals surface area contributed by atoms with Crippen LogP contribution in [0, 0.1) is 5.82 Å². The molecule has 6 nitrogen and oxygen atoms in total. The molecule has 0 radical (unpaired) electrons. The van der Waals surface area contributed by atoms with Crippen LogP contribution in [0.4, 0.5) is 17.6 Å². The number of methoxy groups -OCH3 is 1. The molecular weight excluding hydrogens is 418 g/mol. The highest BCUT2D eigenvalue weighted by atomic mass is 19.4. The minimum Gasteiger partial charge on any atom is -0.494 e. The fourth-order valence-electron chi connectivity index (χ4n) is 3.52. The second-order valence-corrected chi connectivity index (χ2v) is 7.08. The molecule has 2 aromatic carbocycles. The maximum absolute atomic E-state index is 14.0. The number of alkyl halides is 3. The van der Waals surface area contributed by atoms with Crippen molar-refractivity contribution in [1.29, 1.82) is 0 Å². The van der Waals surface area contributed by atoms with Gasteiger partial charge in [-0.25, -0.2) is 4.39 Å². The van der Waals surface area contributed by atoms with Crippen LogP contribution in [-0.4, -0.2) is 28.1 Å². The second-order valence-electron chi connectivity index (χ2n) is 7.08. The van der Waals surface area contributed by atoms with Gasteiger partial charge in [0.15, 0.2) is 11.6 Å². The number of halogens is 4. The summed E-state index contributed by atoms with van der Waals surface area (Å²) in [6.45, 7) is 0.117. The maximum atomic E-state index is 14.0. The molecule has 1 atom stereocenters. The number of amides is 1. The van der Waals surface area contributed by atoms with Crippen LogP contribution in [0.2, 0.25) is 0 Å². The largest absolute Gasteiger partial charge is 0.494 e. The molecule has 162 valence electrons. The molecule has 10 heteroatoms. The highest BCUT2D eigenvalue weighted by Gasteiger charge is 2.36. The lowest BCUT2D eigenvalue weighted by Crippen LogP contribution is -2.27. The fourth-order valence-corrected chi connectivity index (χ4v) is 3.52. The molecular formula is C21H17F4N3O3. The highest BCUT2D eigenvalue weighted by Crippen LogP contribution is 2.35. The minimum absolute atomic E-state index is 0.00380. The van der Waals surface area contributed by atoms with E-state index in [-0.39, 0.29) is 41.9 Å². The molecule has 1 aliphatic rings. The monoisotopic (exact) mass is 435 g/mol. The van der Waals surface area contributed by atoms with Gasteiger partial charge in [-0.05, 0) is 36.2 Å². The molecule has 3 aromatic rings. The first kappa shape index (κ1) is 20.8. The van der Waals surface area contributed by atoms with Gasteiger partial charge in [-0.3, -0.25) is 4.79 Å². The summed E-state index contributed by atoms with van der Waals surface area (Å²) >= 11 is 0. The van der Waals surface area contributed by atoms with Gasteiger partial charge in [0.2, 0.25) is 17.6 Å². The third-order valence-electron chi connectivity index (χ3n) is 5.07. The second kappa shape index (κ2) is 8.01. The molecule has 2 heterocycles. The molecule has 31 heavy (non-hydrogen) atoms. The van der Waals surface area contributed by atoms with E-state index < -0.39 is 23.6 Å².